The quantitative estimate of drug-likeness (QED) is 0.0716. The van der Waals surface area contributed by atoms with Crippen LogP contribution in [0.1, 0.15) is 44.9 Å². The summed E-state index contributed by atoms with van der Waals surface area (Å²) in [5, 5.41) is 11.4. The molecule has 0 saturated heterocycles. The van der Waals surface area contributed by atoms with Crippen molar-refractivity contribution in [1.29, 1.82) is 0 Å². The van der Waals surface area contributed by atoms with E-state index in [1.165, 1.54) is 0 Å². The van der Waals surface area contributed by atoms with Crippen LogP contribution in [0, 0.1) is 0 Å². The molecule has 0 aliphatic heterocycles. The first-order valence-corrected chi connectivity index (χ1v) is 15.3. The van der Waals surface area contributed by atoms with E-state index < -0.39 is 0 Å². The van der Waals surface area contributed by atoms with Crippen LogP contribution in [-0.4, -0.2) is 57.8 Å². The number of carbonyl (C=O) groups is 4. The van der Waals surface area contributed by atoms with Gasteiger partial charge in [-0.05, 0) is 65.1 Å². The summed E-state index contributed by atoms with van der Waals surface area (Å²) in [5.74, 6) is -1.40. The third kappa shape index (κ3) is 8.42. The number of carbonyl (C=O) groups excluding carboxylic acids is 4. The van der Waals surface area contributed by atoms with Crippen molar-refractivity contribution in [1.82, 2.24) is 9.13 Å². The average molecular weight is 667 g/mol. The first-order valence-electron chi connectivity index (χ1n) is 15.3. The Bertz CT molecular complexity index is 1860. The van der Waals surface area contributed by atoms with Gasteiger partial charge in [-0.25, -0.2) is 0 Å². The molecule has 5 rings (SSSR count). The minimum Gasteiger partial charge on any atom is -0.370 e. The first-order chi connectivity index (χ1) is 23.4. The molecule has 0 bridgehead atoms. The largest absolute Gasteiger partial charge is 0.370 e. The van der Waals surface area contributed by atoms with Crippen LogP contribution < -0.4 is 44.2 Å². The van der Waals surface area contributed by atoms with Crippen molar-refractivity contribution < 1.29 is 19.2 Å². The van der Waals surface area contributed by atoms with Gasteiger partial charge in [0.05, 0.1) is 24.5 Å². The van der Waals surface area contributed by atoms with Crippen LogP contribution in [0.25, 0.3) is 11.1 Å². The summed E-state index contributed by atoms with van der Waals surface area (Å²) in [6, 6.07) is 14.6. The molecule has 4 amide bonds. The SMILES string of the molecule is Cn1cc(NC(=O)CCN=C(N)N)cc1C(=O)Nc1ccc2c(c1)Cc1cc(NC(=O)c3cc(NC(=O)CCN=C(N)N)cn3C)ccc1-2. The highest BCUT2D eigenvalue weighted by Crippen LogP contribution is 2.39. The second-order valence-corrected chi connectivity index (χ2v) is 11.5. The molecule has 12 N–H and O–H groups in total. The fourth-order valence-corrected chi connectivity index (χ4v) is 5.49. The summed E-state index contributed by atoms with van der Waals surface area (Å²) >= 11 is 0. The van der Waals surface area contributed by atoms with E-state index in [2.05, 4.69) is 31.3 Å². The summed E-state index contributed by atoms with van der Waals surface area (Å²) in [6.45, 7) is 0.321. The van der Waals surface area contributed by atoms with Crippen LogP contribution in [0.3, 0.4) is 0 Å². The van der Waals surface area contributed by atoms with Gasteiger partial charge in [-0.2, -0.15) is 0 Å². The number of aliphatic imine (C=N–C) groups is 2. The van der Waals surface area contributed by atoms with Crippen molar-refractivity contribution in [3.8, 4) is 11.1 Å². The highest BCUT2D eigenvalue weighted by atomic mass is 16.2. The van der Waals surface area contributed by atoms with E-state index in [4.69, 9.17) is 22.9 Å². The lowest BCUT2D eigenvalue weighted by Gasteiger charge is -2.09. The van der Waals surface area contributed by atoms with Crippen LogP contribution in [0.4, 0.5) is 22.7 Å². The molecule has 0 saturated carbocycles. The number of aromatic nitrogens is 2. The molecule has 0 atom stereocenters. The Kier molecular flexibility index (Phi) is 9.96. The normalized spacial score (nSPS) is 11.1. The molecule has 2 aromatic heterocycles. The number of nitrogens with two attached hydrogens (primary N) is 4. The van der Waals surface area contributed by atoms with Crippen LogP contribution in [0.15, 0.2) is 70.9 Å². The van der Waals surface area contributed by atoms with Crippen molar-refractivity contribution in [2.24, 2.45) is 47.0 Å². The van der Waals surface area contributed by atoms with E-state index in [0.717, 1.165) is 22.3 Å². The zero-order valence-corrected chi connectivity index (χ0v) is 27.0. The Labute approximate surface area is 281 Å². The number of guanidine groups is 2. The molecule has 2 heterocycles. The zero-order valence-electron chi connectivity index (χ0n) is 27.0. The van der Waals surface area contributed by atoms with Gasteiger partial charge >= 0.3 is 0 Å². The smallest absolute Gasteiger partial charge is 0.272 e. The summed E-state index contributed by atoms with van der Waals surface area (Å²) in [6.07, 6.45) is 4.10. The first kappa shape index (κ1) is 33.8. The van der Waals surface area contributed by atoms with E-state index in [1.807, 2.05) is 36.4 Å². The molecule has 16 heteroatoms. The fraction of sp³-hybridized carbons (Fsp3) is 0.212. The number of hydrogen-bond acceptors (Lipinski definition) is 6. The summed E-state index contributed by atoms with van der Waals surface area (Å²) in [4.78, 5) is 58.3. The molecule has 0 radical (unpaired) electrons. The van der Waals surface area contributed by atoms with Crippen LogP contribution in [-0.2, 0) is 30.1 Å². The van der Waals surface area contributed by atoms with Crippen molar-refractivity contribution >= 4 is 58.3 Å². The molecule has 254 valence electrons. The number of nitrogens with zero attached hydrogens (tertiary/aromatic N) is 4. The lowest BCUT2D eigenvalue weighted by Crippen LogP contribution is -2.23. The summed E-state index contributed by atoms with van der Waals surface area (Å²) in [5.41, 5.74) is 28.2. The highest BCUT2D eigenvalue weighted by molar-refractivity contribution is 6.06. The topological polar surface area (TPSA) is 255 Å². The molecule has 16 nitrogen and oxygen atoms in total. The minimum atomic E-state index is -0.335. The molecule has 0 unspecified atom stereocenters. The van der Waals surface area contributed by atoms with E-state index >= 15 is 0 Å². The molecule has 4 aromatic rings. The molecule has 0 fully saturated rings. The number of hydrogen-bond donors (Lipinski definition) is 8. The summed E-state index contributed by atoms with van der Waals surface area (Å²) in [7, 11) is 3.43. The Morgan fingerprint density at radius 2 is 1.02 bits per heavy atom. The Hall–Kier alpha value is -6.58. The predicted molar refractivity (Wildman–Crippen MR) is 189 cm³/mol. The van der Waals surface area contributed by atoms with Gasteiger partial charge in [0.25, 0.3) is 11.8 Å². The second-order valence-electron chi connectivity index (χ2n) is 11.5. The lowest BCUT2D eigenvalue weighted by molar-refractivity contribution is -0.116. The Morgan fingerprint density at radius 1 is 0.612 bits per heavy atom. The van der Waals surface area contributed by atoms with Crippen LogP contribution in [0.5, 0.6) is 0 Å². The van der Waals surface area contributed by atoms with E-state index in [9.17, 15) is 19.2 Å². The number of fused-ring (bicyclic) bond motifs is 3. The maximum atomic E-state index is 13.1. The number of amides is 4. The number of nitrogens with one attached hydrogen (secondary N) is 4. The van der Waals surface area contributed by atoms with Gasteiger partial charge < -0.3 is 53.3 Å². The molecule has 49 heavy (non-hydrogen) atoms. The van der Waals surface area contributed by atoms with Gasteiger partial charge in [0.1, 0.15) is 11.4 Å². The Morgan fingerprint density at radius 3 is 1.41 bits per heavy atom. The fourth-order valence-electron chi connectivity index (χ4n) is 5.49. The average Bonchev–Trinajstić information content (AvgIpc) is 3.69. The van der Waals surface area contributed by atoms with Crippen molar-refractivity contribution in [3.63, 3.8) is 0 Å². The van der Waals surface area contributed by atoms with E-state index in [1.54, 1.807) is 47.8 Å². The van der Waals surface area contributed by atoms with Gasteiger partial charge in [-0.3, -0.25) is 29.2 Å². The molecule has 1 aliphatic carbocycles. The summed E-state index contributed by atoms with van der Waals surface area (Å²) < 4.78 is 3.26. The predicted octanol–water partition coefficient (Wildman–Crippen LogP) is 1.64. The van der Waals surface area contributed by atoms with Gasteiger partial charge in [0, 0.05) is 50.7 Å². The van der Waals surface area contributed by atoms with E-state index in [0.29, 0.717) is 40.6 Å². The van der Waals surface area contributed by atoms with Crippen LogP contribution in [0.2, 0.25) is 0 Å². The van der Waals surface area contributed by atoms with E-state index in [-0.39, 0.29) is 61.5 Å². The molecule has 2 aromatic carbocycles. The van der Waals surface area contributed by atoms with Crippen LogP contribution >= 0.6 is 0 Å². The van der Waals surface area contributed by atoms with Gasteiger partial charge in [0.2, 0.25) is 11.8 Å². The molecular formula is C33H38N12O4. The maximum absolute atomic E-state index is 13.1. The molecular weight excluding hydrogens is 628 g/mol. The monoisotopic (exact) mass is 666 g/mol. The highest BCUT2D eigenvalue weighted by Gasteiger charge is 2.21. The van der Waals surface area contributed by atoms with Gasteiger partial charge in [-0.15, -0.1) is 0 Å². The second kappa shape index (κ2) is 14.5. The molecule has 0 spiro atoms. The third-order valence-corrected chi connectivity index (χ3v) is 7.71. The number of benzene rings is 2. The van der Waals surface area contributed by atoms with Crippen molar-refractivity contribution in [3.05, 3.63) is 83.4 Å². The number of anilines is 4. The van der Waals surface area contributed by atoms with Crippen molar-refractivity contribution in [2.45, 2.75) is 19.3 Å². The zero-order chi connectivity index (χ0) is 35.2. The number of rotatable bonds is 12. The minimum absolute atomic E-state index is 0.0856. The van der Waals surface area contributed by atoms with Crippen molar-refractivity contribution in [2.75, 3.05) is 34.4 Å². The lowest BCUT2D eigenvalue weighted by atomic mass is 10.0. The number of aryl methyl sites for hydroxylation is 2. The third-order valence-electron chi connectivity index (χ3n) is 7.71. The van der Waals surface area contributed by atoms with Gasteiger partial charge in [0.15, 0.2) is 11.9 Å². The molecule has 1 aliphatic rings. The maximum Gasteiger partial charge on any atom is 0.272 e. The standard InChI is InChI=1S/C33H38N12O4/c1-44-16-22(40-28(46)7-9-38-32(34)35)14-26(44)30(48)42-20-3-5-24-18(12-20)11-19-13-21(4-6-25(19)24)43-31(49)27-15-23(17-45(27)2)41-29(47)8-10-39-33(36)37/h3-6,12-17H,7-11H2,1-2H3,(H,40,46)(H,41,47)(H,42,48)(H,43,49)(H4,34,35,38)(H4,36,37,39). The Balaban J connectivity index is 1.19. The van der Waals surface area contributed by atoms with Gasteiger partial charge in [-0.1, -0.05) is 12.1 Å².